The van der Waals surface area contributed by atoms with Gasteiger partial charge in [0.25, 0.3) is 0 Å². The minimum Gasteiger partial charge on any atom is -0.478 e. The summed E-state index contributed by atoms with van der Waals surface area (Å²) in [6.45, 7) is 3.98. The maximum absolute atomic E-state index is 12.2. The van der Waals surface area contributed by atoms with Gasteiger partial charge in [-0.05, 0) is 12.5 Å². The van der Waals surface area contributed by atoms with Gasteiger partial charge < -0.3 is 19.3 Å². The van der Waals surface area contributed by atoms with Gasteiger partial charge in [-0.3, -0.25) is 4.79 Å². The highest BCUT2D eigenvalue weighted by Crippen LogP contribution is 2.17. The van der Waals surface area contributed by atoms with E-state index < -0.39 is 5.97 Å². The third kappa shape index (κ3) is 2.78. The van der Waals surface area contributed by atoms with E-state index in [2.05, 4.69) is 0 Å². The van der Waals surface area contributed by atoms with E-state index in [0.717, 1.165) is 0 Å². The van der Waals surface area contributed by atoms with Crippen molar-refractivity contribution in [3.05, 3.63) is 23.0 Å². The first-order valence-electron chi connectivity index (χ1n) is 6.24. The van der Waals surface area contributed by atoms with E-state index in [4.69, 9.17) is 4.74 Å². The van der Waals surface area contributed by atoms with Gasteiger partial charge in [0.05, 0.1) is 25.2 Å². The predicted molar refractivity (Wildman–Crippen MR) is 68.2 cm³/mol. The lowest BCUT2D eigenvalue weighted by Crippen LogP contribution is -2.41. The topological polar surface area (TPSA) is 71.8 Å². The molecule has 1 fully saturated rings. The fraction of sp³-hybridized carbons (Fsp3) is 0.538. The molecule has 1 aliphatic heterocycles. The number of carboxylic acids is 1. The van der Waals surface area contributed by atoms with Crippen molar-refractivity contribution in [1.29, 1.82) is 0 Å². The van der Waals surface area contributed by atoms with E-state index in [9.17, 15) is 14.7 Å². The summed E-state index contributed by atoms with van der Waals surface area (Å²) in [7, 11) is 1.77. The smallest absolute Gasteiger partial charge is 0.337 e. The van der Waals surface area contributed by atoms with Crippen molar-refractivity contribution in [2.24, 2.45) is 7.05 Å². The van der Waals surface area contributed by atoms with Crippen LogP contribution in [0.1, 0.15) is 21.6 Å². The largest absolute Gasteiger partial charge is 0.478 e. The third-order valence-electron chi connectivity index (χ3n) is 3.39. The Kier molecular flexibility index (Phi) is 3.90. The van der Waals surface area contributed by atoms with E-state index in [0.29, 0.717) is 37.6 Å². The van der Waals surface area contributed by atoms with E-state index >= 15 is 0 Å². The number of nitrogens with zero attached hydrogens (tertiary/aromatic N) is 2. The Labute approximate surface area is 111 Å². The molecule has 0 atom stereocenters. The number of amides is 1. The first kappa shape index (κ1) is 13.6. The molecule has 2 heterocycles. The number of hydrogen-bond acceptors (Lipinski definition) is 3. The fourth-order valence-corrected chi connectivity index (χ4v) is 2.41. The summed E-state index contributed by atoms with van der Waals surface area (Å²) in [5, 5.41) is 9.22. The van der Waals surface area contributed by atoms with E-state index in [-0.39, 0.29) is 17.9 Å². The lowest BCUT2D eigenvalue weighted by Gasteiger charge is -2.27. The maximum atomic E-state index is 12.2. The predicted octanol–water partition coefficient (Wildman–Crippen LogP) is 0.433. The van der Waals surface area contributed by atoms with E-state index in [1.54, 1.807) is 29.6 Å². The molecular weight excluding hydrogens is 248 g/mol. The van der Waals surface area contributed by atoms with Gasteiger partial charge in [0.15, 0.2) is 0 Å². The van der Waals surface area contributed by atoms with Crippen LogP contribution in [-0.2, 0) is 23.0 Å². The Morgan fingerprint density at radius 3 is 2.58 bits per heavy atom. The summed E-state index contributed by atoms with van der Waals surface area (Å²) in [6, 6.07) is 0. The molecule has 104 valence electrons. The van der Waals surface area contributed by atoms with Crippen molar-refractivity contribution in [2.45, 2.75) is 13.3 Å². The number of aromatic nitrogens is 1. The van der Waals surface area contributed by atoms with Gasteiger partial charge in [-0.2, -0.15) is 0 Å². The van der Waals surface area contributed by atoms with Gasteiger partial charge >= 0.3 is 5.97 Å². The minimum absolute atomic E-state index is 0.0491. The molecule has 0 unspecified atom stereocenters. The van der Waals surface area contributed by atoms with Gasteiger partial charge in [-0.25, -0.2) is 4.79 Å². The normalized spacial score (nSPS) is 15.6. The number of ether oxygens (including phenoxy) is 1. The first-order chi connectivity index (χ1) is 9.00. The molecule has 0 saturated carbocycles. The number of carboxylic acid groups (broad SMARTS) is 1. The summed E-state index contributed by atoms with van der Waals surface area (Å²) >= 11 is 0. The molecular formula is C13H18N2O4. The summed E-state index contributed by atoms with van der Waals surface area (Å²) in [4.78, 5) is 25.1. The maximum Gasteiger partial charge on any atom is 0.337 e. The quantitative estimate of drug-likeness (QED) is 0.861. The van der Waals surface area contributed by atoms with Crippen LogP contribution >= 0.6 is 0 Å². The van der Waals surface area contributed by atoms with Crippen molar-refractivity contribution in [3.8, 4) is 0 Å². The zero-order valence-electron chi connectivity index (χ0n) is 11.2. The molecule has 0 bridgehead atoms. The number of rotatable bonds is 3. The first-order valence-corrected chi connectivity index (χ1v) is 6.24. The van der Waals surface area contributed by atoms with E-state index in [1.807, 2.05) is 0 Å². The average Bonchev–Trinajstić information content (AvgIpc) is 2.65. The van der Waals surface area contributed by atoms with Gasteiger partial charge in [-0.1, -0.05) is 0 Å². The van der Waals surface area contributed by atoms with Crippen molar-refractivity contribution in [3.63, 3.8) is 0 Å². The van der Waals surface area contributed by atoms with Crippen LogP contribution in [0.2, 0.25) is 0 Å². The second-order valence-corrected chi connectivity index (χ2v) is 4.72. The van der Waals surface area contributed by atoms with Crippen molar-refractivity contribution < 1.29 is 19.4 Å². The molecule has 1 N–H and O–H groups in total. The summed E-state index contributed by atoms with van der Waals surface area (Å²) in [5.41, 5.74) is 1.48. The van der Waals surface area contributed by atoms with Crippen LogP contribution < -0.4 is 0 Å². The molecule has 1 amide bonds. The molecule has 0 aliphatic carbocycles. The number of morpholine rings is 1. The molecule has 1 aromatic rings. The highest BCUT2D eigenvalue weighted by atomic mass is 16.5. The van der Waals surface area contributed by atoms with Gasteiger partial charge in [0, 0.05) is 32.0 Å². The Morgan fingerprint density at radius 1 is 1.37 bits per heavy atom. The summed E-state index contributed by atoms with van der Waals surface area (Å²) in [5.74, 6) is -1.03. The molecule has 0 spiro atoms. The standard InChI is InChI=1S/C13H18N2O4/c1-9-8-14(2)10(12(9)13(17)18)7-11(16)15-3-5-19-6-4-15/h8H,3-7H2,1-2H3,(H,17,18). The van der Waals surface area contributed by atoms with Crippen LogP contribution in [0.15, 0.2) is 6.20 Å². The third-order valence-corrected chi connectivity index (χ3v) is 3.39. The number of aromatic carboxylic acids is 1. The van der Waals surface area contributed by atoms with Crippen LogP contribution in [0.4, 0.5) is 0 Å². The molecule has 19 heavy (non-hydrogen) atoms. The number of aryl methyl sites for hydroxylation is 2. The molecule has 2 rings (SSSR count). The summed E-state index contributed by atoms with van der Waals surface area (Å²) < 4.78 is 6.92. The fourth-order valence-electron chi connectivity index (χ4n) is 2.41. The van der Waals surface area contributed by atoms with Crippen molar-refractivity contribution >= 4 is 11.9 Å². The molecule has 0 aromatic carbocycles. The number of carbonyl (C=O) groups excluding carboxylic acids is 1. The van der Waals surface area contributed by atoms with Crippen molar-refractivity contribution in [1.82, 2.24) is 9.47 Å². The zero-order valence-corrected chi connectivity index (χ0v) is 11.2. The molecule has 0 radical (unpaired) electrons. The minimum atomic E-state index is -0.983. The van der Waals surface area contributed by atoms with Crippen molar-refractivity contribution in [2.75, 3.05) is 26.3 Å². The Bertz CT molecular complexity index is 501. The summed E-state index contributed by atoms with van der Waals surface area (Å²) in [6.07, 6.45) is 1.86. The highest BCUT2D eigenvalue weighted by molar-refractivity contribution is 5.93. The van der Waals surface area contributed by atoms with Gasteiger partial charge in [0.1, 0.15) is 0 Å². The van der Waals surface area contributed by atoms with Crippen LogP contribution in [0.25, 0.3) is 0 Å². The highest BCUT2D eigenvalue weighted by Gasteiger charge is 2.23. The van der Waals surface area contributed by atoms with Gasteiger partial charge in [-0.15, -0.1) is 0 Å². The molecule has 6 heteroatoms. The Hall–Kier alpha value is -1.82. The number of hydrogen-bond donors (Lipinski definition) is 1. The lowest BCUT2D eigenvalue weighted by atomic mass is 10.1. The van der Waals surface area contributed by atoms with E-state index in [1.165, 1.54) is 0 Å². The number of carbonyl (C=O) groups is 2. The second-order valence-electron chi connectivity index (χ2n) is 4.72. The Morgan fingerprint density at radius 2 is 2.00 bits per heavy atom. The van der Waals surface area contributed by atoms with Crippen LogP contribution in [0, 0.1) is 6.92 Å². The Balaban J connectivity index is 2.18. The van der Waals surface area contributed by atoms with Crippen LogP contribution in [0.5, 0.6) is 0 Å². The average molecular weight is 266 g/mol. The van der Waals surface area contributed by atoms with Gasteiger partial charge in [0.2, 0.25) is 5.91 Å². The monoisotopic (exact) mass is 266 g/mol. The van der Waals surface area contributed by atoms with Crippen LogP contribution in [0.3, 0.4) is 0 Å². The molecule has 1 aliphatic rings. The van der Waals surface area contributed by atoms with Crippen LogP contribution in [-0.4, -0.2) is 52.8 Å². The molecule has 6 nitrogen and oxygen atoms in total. The molecule has 1 aromatic heterocycles. The zero-order chi connectivity index (χ0) is 14.0. The lowest BCUT2D eigenvalue weighted by molar-refractivity contribution is -0.134. The second kappa shape index (κ2) is 5.44. The molecule has 1 saturated heterocycles. The SMILES string of the molecule is Cc1cn(C)c(CC(=O)N2CCOCC2)c1C(=O)O.